The van der Waals surface area contributed by atoms with Crippen LogP contribution in [-0.2, 0) is 11.2 Å². The zero-order valence-electron chi connectivity index (χ0n) is 13.0. The van der Waals surface area contributed by atoms with Gasteiger partial charge in [-0.25, -0.2) is 0 Å². The van der Waals surface area contributed by atoms with Gasteiger partial charge in [0.05, 0.1) is 6.42 Å². The Morgan fingerprint density at radius 1 is 1.29 bits per heavy atom. The largest absolute Gasteiger partial charge is 0.356 e. The van der Waals surface area contributed by atoms with Gasteiger partial charge in [0.15, 0.2) is 0 Å². The van der Waals surface area contributed by atoms with Crippen molar-refractivity contribution < 1.29 is 4.79 Å². The first-order chi connectivity index (χ1) is 10.2. The van der Waals surface area contributed by atoms with Crippen LogP contribution in [0.15, 0.2) is 24.3 Å². The molecule has 2 fully saturated rings. The number of fused-ring (bicyclic) bond motifs is 1. The SMILES string of the molecule is Cc1cccc(CC(=O)NCCC23CCCN2CCC3)c1. The Labute approximate surface area is 127 Å². The van der Waals surface area contributed by atoms with E-state index in [2.05, 4.69) is 29.3 Å². The molecule has 0 atom stereocenters. The van der Waals surface area contributed by atoms with Crippen molar-refractivity contribution in [1.29, 1.82) is 0 Å². The Hall–Kier alpha value is -1.35. The van der Waals surface area contributed by atoms with Gasteiger partial charge in [0.1, 0.15) is 0 Å². The summed E-state index contributed by atoms with van der Waals surface area (Å²) in [5.74, 6) is 0.152. The van der Waals surface area contributed by atoms with E-state index >= 15 is 0 Å². The summed E-state index contributed by atoms with van der Waals surface area (Å²) >= 11 is 0. The summed E-state index contributed by atoms with van der Waals surface area (Å²) in [5.41, 5.74) is 2.73. The number of carbonyl (C=O) groups excluding carboxylic acids is 1. The number of rotatable bonds is 5. The molecule has 0 aliphatic carbocycles. The average molecular weight is 286 g/mol. The smallest absolute Gasteiger partial charge is 0.224 e. The minimum absolute atomic E-state index is 0.152. The van der Waals surface area contributed by atoms with Crippen molar-refractivity contribution >= 4 is 5.91 Å². The van der Waals surface area contributed by atoms with Crippen molar-refractivity contribution in [2.24, 2.45) is 0 Å². The van der Waals surface area contributed by atoms with E-state index in [0.717, 1.165) is 18.5 Å². The highest BCUT2D eigenvalue weighted by atomic mass is 16.1. The first kappa shape index (κ1) is 14.6. The number of hydrogen-bond donors (Lipinski definition) is 1. The quantitative estimate of drug-likeness (QED) is 0.902. The van der Waals surface area contributed by atoms with Crippen molar-refractivity contribution in [3.8, 4) is 0 Å². The monoisotopic (exact) mass is 286 g/mol. The van der Waals surface area contributed by atoms with Crippen LogP contribution in [0.1, 0.15) is 43.2 Å². The summed E-state index contributed by atoms with van der Waals surface area (Å²) in [6.45, 7) is 5.41. The van der Waals surface area contributed by atoms with E-state index in [-0.39, 0.29) is 5.91 Å². The summed E-state index contributed by atoms with van der Waals surface area (Å²) in [5, 5.41) is 3.12. The first-order valence-corrected chi connectivity index (χ1v) is 8.25. The Morgan fingerprint density at radius 3 is 2.76 bits per heavy atom. The first-order valence-electron chi connectivity index (χ1n) is 8.25. The zero-order valence-corrected chi connectivity index (χ0v) is 13.0. The highest BCUT2D eigenvalue weighted by Gasteiger charge is 2.43. The molecule has 2 aliphatic rings. The van der Waals surface area contributed by atoms with E-state index in [4.69, 9.17) is 0 Å². The number of carbonyl (C=O) groups is 1. The molecule has 1 aromatic rings. The lowest BCUT2D eigenvalue weighted by Crippen LogP contribution is -2.41. The van der Waals surface area contributed by atoms with Crippen LogP contribution in [0.25, 0.3) is 0 Å². The van der Waals surface area contributed by atoms with Gasteiger partial charge >= 0.3 is 0 Å². The van der Waals surface area contributed by atoms with Gasteiger partial charge < -0.3 is 5.32 Å². The number of nitrogens with one attached hydrogen (secondary N) is 1. The standard InChI is InChI=1S/C18H26N2O/c1-15-5-2-6-16(13-15)14-17(21)19-10-9-18-7-3-11-20(18)12-4-8-18/h2,5-6,13H,3-4,7-12,14H2,1H3,(H,19,21). The van der Waals surface area contributed by atoms with Crippen molar-refractivity contribution in [1.82, 2.24) is 10.2 Å². The molecule has 3 rings (SSSR count). The van der Waals surface area contributed by atoms with Crippen LogP contribution in [0, 0.1) is 6.92 Å². The van der Waals surface area contributed by atoms with Crippen LogP contribution in [-0.4, -0.2) is 36.0 Å². The zero-order chi connectivity index (χ0) is 14.7. The van der Waals surface area contributed by atoms with Crippen molar-refractivity contribution in [2.45, 2.75) is 51.0 Å². The molecular weight excluding hydrogens is 260 g/mol. The van der Waals surface area contributed by atoms with Crippen molar-refractivity contribution in [3.05, 3.63) is 35.4 Å². The molecule has 114 valence electrons. The van der Waals surface area contributed by atoms with Crippen LogP contribution < -0.4 is 5.32 Å². The molecule has 0 spiro atoms. The summed E-state index contributed by atoms with van der Waals surface area (Å²) in [7, 11) is 0. The fourth-order valence-electron chi connectivity index (χ4n) is 4.14. The Morgan fingerprint density at radius 2 is 2.05 bits per heavy atom. The molecule has 0 radical (unpaired) electrons. The maximum absolute atomic E-state index is 12.1. The summed E-state index contributed by atoms with van der Waals surface area (Å²) < 4.78 is 0. The third-order valence-electron chi connectivity index (χ3n) is 5.17. The van der Waals surface area contributed by atoms with Crippen LogP contribution in [0.4, 0.5) is 0 Å². The normalized spacial score (nSPS) is 20.4. The molecule has 1 aromatic carbocycles. The minimum Gasteiger partial charge on any atom is -0.356 e. The second kappa shape index (κ2) is 6.18. The lowest BCUT2D eigenvalue weighted by atomic mass is 9.90. The maximum atomic E-state index is 12.1. The molecule has 0 unspecified atom stereocenters. The van der Waals surface area contributed by atoms with Crippen LogP contribution >= 0.6 is 0 Å². The molecule has 1 N–H and O–H groups in total. The van der Waals surface area contributed by atoms with E-state index in [1.54, 1.807) is 0 Å². The van der Waals surface area contributed by atoms with E-state index < -0.39 is 0 Å². The van der Waals surface area contributed by atoms with Gasteiger partial charge in [-0.1, -0.05) is 29.8 Å². The lowest BCUT2D eigenvalue weighted by Gasteiger charge is -2.32. The lowest BCUT2D eigenvalue weighted by molar-refractivity contribution is -0.120. The molecule has 3 nitrogen and oxygen atoms in total. The van der Waals surface area contributed by atoms with Crippen LogP contribution in [0.3, 0.4) is 0 Å². The minimum atomic E-state index is 0.152. The summed E-state index contributed by atoms with van der Waals surface area (Å²) in [6, 6.07) is 8.20. The van der Waals surface area contributed by atoms with Crippen LogP contribution in [0.5, 0.6) is 0 Å². The second-order valence-electron chi connectivity index (χ2n) is 6.68. The van der Waals surface area contributed by atoms with Gasteiger partial charge in [0, 0.05) is 12.1 Å². The molecular formula is C18H26N2O. The molecule has 0 saturated carbocycles. The molecule has 2 aliphatic heterocycles. The topological polar surface area (TPSA) is 32.3 Å². The number of aryl methyl sites for hydroxylation is 1. The van der Waals surface area contributed by atoms with Gasteiger partial charge in [-0.3, -0.25) is 9.69 Å². The third-order valence-corrected chi connectivity index (χ3v) is 5.17. The fourth-order valence-corrected chi connectivity index (χ4v) is 4.14. The number of amides is 1. The van der Waals surface area contributed by atoms with Gasteiger partial charge in [-0.05, 0) is 57.7 Å². The summed E-state index contributed by atoms with van der Waals surface area (Å²) in [4.78, 5) is 14.7. The maximum Gasteiger partial charge on any atom is 0.224 e. The van der Waals surface area contributed by atoms with Crippen LogP contribution in [0.2, 0.25) is 0 Å². The molecule has 2 saturated heterocycles. The van der Waals surface area contributed by atoms with Gasteiger partial charge in [-0.15, -0.1) is 0 Å². The predicted molar refractivity (Wildman–Crippen MR) is 85.3 cm³/mol. The van der Waals surface area contributed by atoms with Crippen molar-refractivity contribution in [3.63, 3.8) is 0 Å². The van der Waals surface area contributed by atoms with E-state index in [1.807, 2.05) is 12.1 Å². The van der Waals surface area contributed by atoms with Gasteiger partial charge in [0.2, 0.25) is 5.91 Å². The third kappa shape index (κ3) is 3.29. The molecule has 3 heteroatoms. The Bertz CT molecular complexity index is 502. The van der Waals surface area contributed by atoms with Crippen molar-refractivity contribution in [2.75, 3.05) is 19.6 Å². The molecule has 21 heavy (non-hydrogen) atoms. The van der Waals surface area contributed by atoms with E-state index in [1.165, 1.54) is 44.3 Å². The fraction of sp³-hybridized carbons (Fsp3) is 0.611. The predicted octanol–water partition coefficient (Wildman–Crippen LogP) is 2.67. The average Bonchev–Trinajstić information content (AvgIpc) is 2.98. The molecule has 2 heterocycles. The number of nitrogens with zero attached hydrogens (tertiary/aromatic N) is 1. The summed E-state index contributed by atoms with van der Waals surface area (Å²) in [6.07, 6.45) is 6.92. The number of hydrogen-bond acceptors (Lipinski definition) is 2. The Balaban J connectivity index is 1.46. The molecule has 0 aromatic heterocycles. The van der Waals surface area contributed by atoms with Gasteiger partial charge in [-0.2, -0.15) is 0 Å². The highest BCUT2D eigenvalue weighted by Crippen LogP contribution is 2.40. The highest BCUT2D eigenvalue weighted by molar-refractivity contribution is 5.78. The van der Waals surface area contributed by atoms with Gasteiger partial charge in [0.25, 0.3) is 0 Å². The van der Waals surface area contributed by atoms with E-state index in [9.17, 15) is 4.79 Å². The molecule has 0 bridgehead atoms. The molecule has 1 amide bonds. The second-order valence-corrected chi connectivity index (χ2v) is 6.68. The Kier molecular flexibility index (Phi) is 4.29. The number of benzene rings is 1. The van der Waals surface area contributed by atoms with E-state index in [0.29, 0.717) is 12.0 Å².